The minimum absolute atomic E-state index is 0.0698. The molecule has 2 aliphatic heterocycles. The number of imidazole rings is 1. The van der Waals surface area contributed by atoms with Gasteiger partial charge in [-0.2, -0.15) is 0 Å². The van der Waals surface area contributed by atoms with E-state index in [0.29, 0.717) is 26.2 Å². The van der Waals surface area contributed by atoms with Crippen LogP contribution < -0.4 is 0 Å². The molecule has 0 aliphatic carbocycles. The smallest absolute Gasteiger partial charge is 0.264 e. The highest BCUT2D eigenvalue weighted by molar-refractivity contribution is 7.13. The molecule has 3 aromatic rings. The summed E-state index contributed by atoms with van der Waals surface area (Å²) >= 11 is 1.53. The van der Waals surface area contributed by atoms with E-state index in [1.165, 1.54) is 23.5 Å². The van der Waals surface area contributed by atoms with Crippen molar-refractivity contribution in [2.45, 2.75) is 32.1 Å². The highest BCUT2D eigenvalue weighted by Crippen LogP contribution is 2.36. The first-order valence-electron chi connectivity index (χ1n) is 9.33. The number of rotatable bonds is 2. The number of carbonyl (C=O) groups excluding carboxylic acids is 1. The number of benzene rings is 1. The first-order chi connectivity index (χ1) is 13.5. The molecule has 144 valence electrons. The number of hydrogen-bond acceptors (Lipinski definition) is 4. The molecular weight excluding hydrogens is 377 g/mol. The Kier molecular flexibility index (Phi) is 4.10. The number of fused-ring (bicyclic) bond motifs is 1. The number of aryl methyl sites for hydroxylation is 1. The molecule has 0 N–H and O–H groups in total. The van der Waals surface area contributed by atoms with Gasteiger partial charge in [0.05, 0.1) is 29.9 Å². The van der Waals surface area contributed by atoms with E-state index in [9.17, 15) is 9.18 Å². The molecule has 1 aromatic carbocycles. The number of carbonyl (C=O) groups is 1. The van der Waals surface area contributed by atoms with Crippen LogP contribution in [0.15, 0.2) is 42.6 Å². The van der Waals surface area contributed by atoms with Crippen molar-refractivity contribution >= 4 is 17.2 Å². The molecular formula is C21H20FN3O2S. The van der Waals surface area contributed by atoms with E-state index in [-0.39, 0.29) is 11.7 Å². The summed E-state index contributed by atoms with van der Waals surface area (Å²) in [6.45, 7) is 4.25. The lowest BCUT2D eigenvalue weighted by Gasteiger charge is -2.35. The zero-order valence-corrected chi connectivity index (χ0v) is 16.3. The van der Waals surface area contributed by atoms with Gasteiger partial charge in [-0.05, 0) is 37.6 Å². The summed E-state index contributed by atoms with van der Waals surface area (Å²) < 4.78 is 22.0. The van der Waals surface area contributed by atoms with Crippen molar-refractivity contribution < 1.29 is 13.9 Å². The average Bonchev–Trinajstić information content (AvgIpc) is 3.40. The van der Waals surface area contributed by atoms with Crippen LogP contribution >= 0.6 is 11.3 Å². The van der Waals surface area contributed by atoms with Crippen molar-refractivity contribution in [1.29, 1.82) is 0 Å². The van der Waals surface area contributed by atoms with Crippen molar-refractivity contribution in [2.24, 2.45) is 0 Å². The Balaban J connectivity index is 1.40. The van der Waals surface area contributed by atoms with Gasteiger partial charge in [-0.1, -0.05) is 12.1 Å². The second kappa shape index (κ2) is 6.53. The molecule has 2 aliphatic rings. The molecule has 1 saturated heterocycles. The number of halogens is 1. The number of amides is 1. The summed E-state index contributed by atoms with van der Waals surface area (Å²) in [5.41, 5.74) is 1.27. The van der Waals surface area contributed by atoms with Gasteiger partial charge in [0.15, 0.2) is 0 Å². The van der Waals surface area contributed by atoms with Gasteiger partial charge in [0.2, 0.25) is 0 Å². The van der Waals surface area contributed by atoms with Gasteiger partial charge in [-0.15, -0.1) is 11.3 Å². The highest BCUT2D eigenvalue weighted by Gasteiger charge is 2.44. The molecule has 4 heterocycles. The molecule has 1 amide bonds. The average molecular weight is 397 g/mol. The predicted octanol–water partition coefficient (Wildman–Crippen LogP) is 3.87. The zero-order valence-electron chi connectivity index (χ0n) is 15.5. The fourth-order valence-electron chi connectivity index (χ4n) is 4.11. The van der Waals surface area contributed by atoms with Gasteiger partial charge in [0.1, 0.15) is 23.8 Å². The van der Waals surface area contributed by atoms with Crippen LogP contribution in [0.25, 0.3) is 11.3 Å². The summed E-state index contributed by atoms with van der Waals surface area (Å²) in [6, 6.07) is 10.4. The van der Waals surface area contributed by atoms with Gasteiger partial charge in [0.25, 0.3) is 5.91 Å². The van der Waals surface area contributed by atoms with Gasteiger partial charge in [0, 0.05) is 17.0 Å². The number of nitrogens with zero attached hydrogens (tertiary/aromatic N) is 3. The van der Waals surface area contributed by atoms with Crippen molar-refractivity contribution in [3.8, 4) is 11.3 Å². The van der Waals surface area contributed by atoms with E-state index in [0.717, 1.165) is 33.3 Å². The minimum Gasteiger partial charge on any atom is -0.363 e. The normalized spacial score (nSPS) is 21.3. The lowest BCUT2D eigenvalue weighted by Crippen LogP contribution is -2.45. The number of hydrogen-bond donors (Lipinski definition) is 0. The Bertz CT molecular complexity index is 1060. The monoisotopic (exact) mass is 397 g/mol. The van der Waals surface area contributed by atoms with Crippen molar-refractivity contribution in [3.63, 3.8) is 0 Å². The fraction of sp³-hybridized carbons (Fsp3) is 0.333. The molecule has 0 unspecified atom stereocenters. The first-order valence-corrected chi connectivity index (χ1v) is 10.1. The van der Waals surface area contributed by atoms with Crippen molar-refractivity contribution in [1.82, 2.24) is 14.5 Å². The standard InChI is InChI=1S/C21H20FN3O2S/c1-14-5-6-18(28-14)20(26)24-8-7-21(12-24)13-25-17(10-23-19(25)11-27-21)15-3-2-4-16(22)9-15/h2-6,9-10H,7-8,11-13H2,1H3/t21-/m0/s1. The summed E-state index contributed by atoms with van der Waals surface area (Å²) in [6.07, 6.45) is 2.56. The van der Waals surface area contributed by atoms with E-state index in [1.54, 1.807) is 12.3 Å². The van der Waals surface area contributed by atoms with Gasteiger partial charge >= 0.3 is 0 Å². The molecule has 1 fully saturated rings. The van der Waals surface area contributed by atoms with Crippen molar-refractivity contribution in [3.05, 3.63) is 64.0 Å². The Morgan fingerprint density at radius 1 is 1.29 bits per heavy atom. The van der Waals surface area contributed by atoms with Crippen molar-refractivity contribution in [2.75, 3.05) is 13.1 Å². The first kappa shape index (κ1) is 17.6. The van der Waals surface area contributed by atoms with E-state index in [2.05, 4.69) is 9.55 Å². The Labute approximate surface area is 166 Å². The van der Waals surface area contributed by atoms with Crippen LogP contribution in [0, 0.1) is 12.7 Å². The summed E-state index contributed by atoms with van der Waals surface area (Å²) in [5.74, 6) is 0.641. The lowest BCUT2D eigenvalue weighted by molar-refractivity contribution is -0.0804. The molecule has 7 heteroatoms. The second-order valence-corrected chi connectivity index (χ2v) is 8.80. The number of ether oxygens (including phenoxy) is 1. The maximum atomic E-state index is 13.7. The summed E-state index contributed by atoms with van der Waals surface area (Å²) in [7, 11) is 0. The molecule has 0 radical (unpaired) electrons. The minimum atomic E-state index is -0.419. The zero-order chi connectivity index (χ0) is 19.3. The van der Waals surface area contributed by atoms with Crippen LogP contribution in [0.5, 0.6) is 0 Å². The number of thiophene rings is 1. The molecule has 2 aromatic heterocycles. The Hall–Kier alpha value is -2.51. The summed E-state index contributed by atoms with van der Waals surface area (Å²) in [4.78, 5) is 21.1. The van der Waals surface area contributed by atoms with Gasteiger partial charge < -0.3 is 14.2 Å². The molecule has 1 atom stereocenters. The largest absolute Gasteiger partial charge is 0.363 e. The van der Waals surface area contributed by atoms with E-state index < -0.39 is 5.60 Å². The van der Waals surface area contributed by atoms with Gasteiger partial charge in [-0.25, -0.2) is 9.37 Å². The van der Waals surface area contributed by atoms with Crippen LogP contribution in [0.1, 0.15) is 26.8 Å². The van der Waals surface area contributed by atoms with Crippen LogP contribution in [0.4, 0.5) is 4.39 Å². The Morgan fingerprint density at radius 3 is 2.96 bits per heavy atom. The Morgan fingerprint density at radius 2 is 2.18 bits per heavy atom. The topological polar surface area (TPSA) is 47.4 Å². The lowest BCUT2D eigenvalue weighted by atomic mass is 10.0. The third-order valence-corrected chi connectivity index (χ3v) is 6.56. The molecule has 5 nitrogen and oxygen atoms in total. The maximum absolute atomic E-state index is 13.7. The predicted molar refractivity (Wildman–Crippen MR) is 105 cm³/mol. The van der Waals surface area contributed by atoms with Crippen LogP contribution in [-0.4, -0.2) is 39.0 Å². The van der Waals surface area contributed by atoms with Crippen LogP contribution in [0.3, 0.4) is 0 Å². The van der Waals surface area contributed by atoms with E-state index >= 15 is 0 Å². The second-order valence-electron chi connectivity index (χ2n) is 7.51. The number of likely N-dealkylation sites (tertiary alicyclic amines) is 1. The SMILES string of the molecule is Cc1ccc(C(=O)N2CC[C@]3(C2)Cn2c(-c4cccc(F)c4)cnc2CO3)s1. The molecule has 0 saturated carbocycles. The van der Waals surface area contributed by atoms with Crippen LogP contribution in [0.2, 0.25) is 0 Å². The fourth-order valence-corrected chi connectivity index (χ4v) is 4.94. The van der Waals surface area contributed by atoms with E-state index in [1.807, 2.05) is 30.0 Å². The number of aromatic nitrogens is 2. The van der Waals surface area contributed by atoms with Gasteiger partial charge in [-0.3, -0.25) is 4.79 Å². The highest BCUT2D eigenvalue weighted by atomic mass is 32.1. The quantitative estimate of drug-likeness (QED) is 0.659. The molecule has 1 spiro atoms. The third kappa shape index (κ3) is 2.95. The maximum Gasteiger partial charge on any atom is 0.264 e. The third-order valence-electron chi connectivity index (χ3n) is 5.57. The molecule has 5 rings (SSSR count). The van der Waals surface area contributed by atoms with Crippen LogP contribution in [-0.2, 0) is 17.9 Å². The van der Waals surface area contributed by atoms with E-state index in [4.69, 9.17) is 4.74 Å². The molecule has 28 heavy (non-hydrogen) atoms. The molecule has 0 bridgehead atoms. The summed E-state index contributed by atoms with van der Waals surface area (Å²) in [5, 5.41) is 0.